The molecule has 0 aliphatic carbocycles. The molecule has 130 valence electrons. The molecule has 1 atom stereocenters. The molecule has 0 aromatic carbocycles. The van der Waals surface area contributed by atoms with Gasteiger partial charge in [0.05, 0.1) is 5.88 Å². The first-order chi connectivity index (χ1) is 9.97. The predicted octanol–water partition coefficient (Wildman–Crippen LogP) is 2.13. The van der Waals surface area contributed by atoms with E-state index >= 15 is 0 Å². The van der Waals surface area contributed by atoms with Crippen molar-refractivity contribution >= 4 is 36.0 Å². The fourth-order valence-electron chi connectivity index (χ4n) is 2.26. The molecule has 0 spiro atoms. The van der Waals surface area contributed by atoms with Crippen LogP contribution in [0.15, 0.2) is 0 Å². The van der Waals surface area contributed by atoms with Gasteiger partial charge in [0, 0.05) is 24.3 Å². The molecule has 0 aromatic heterocycles. The molecule has 1 aliphatic rings. The first kappa shape index (κ1) is 21.5. The lowest BCUT2D eigenvalue weighted by Gasteiger charge is -2.29. The number of nitrogens with one attached hydrogen (secondary N) is 1. The fourth-order valence-corrected chi connectivity index (χ4v) is 3.44. The number of rotatable bonds is 8. The van der Waals surface area contributed by atoms with Gasteiger partial charge in [0.1, 0.15) is 6.04 Å². The van der Waals surface area contributed by atoms with Crippen molar-refractivity contribution in [2.45, 2.75) is 64.5 Å². The van der Waals surface area contributed by atoms with Gasteiger partial charge in [-0.3, -0.25) is 9.59 Å². The second-order valence-electron chi connectivity index (χ2n) is 5.77. The minimum Gasteiger partial charge on any atom is -0.352 e. The Bertz CT molecular complexity index is 365. The van der Waals surface area contributed by atoms with E-state index in [2.05, 4.69) is 12.2 Å². The summed E-state index contributed by atoms with van der Waals surface area (Å²) >= 11 is 1.64. The zero-order valence-electron chi connectivity index (χ0n) is 13.9. The van der Waals surface area contributed by atoms with Gasteiger partial charge >= 0.3 is 0 Å². The molecule has 1 fully saturated rings. The normalized spacial score (nSPS) is 18.0. The number of nitrogens with zero attached hydrogens (tertiary/aromatic N) is 1. The van der Waals surface area contributed by atoms with Gasteiger partial charge in [-0.2, -0.15) is 0 Å². The summed E-state index contributed by atoms with van der Waals surface area (Å²) in [6, 6.07) is -0.336. The minimum atomic E-state index is -0.349. The van der Waals surface area contributed by atoms with Crippen LogP contribution in [-0.4, -0.2) is 46.5 Å². The Morgan fingerprint density at radius 2 is 1.95 bits per heavy atom. The molecule has 1 aliphatic heterocycles. The van der Waals surface area contributed by atoms with Crippen molar-refractivity contribution < 1.29 is 9.59 Å². The minimum absolute atomic E-state index is 0. The number of amides is 2. The van der Waals surface area contributed by atoms with E-state index in [0.717, 1.165) is 25.7 Å². The number of hydrogen-bond donors (Lipinski definition) is 2. The highest BCUT2D eigenvalue weighted by atomic mass is 35.5. The standard InChI is InChI=1S/C15H29N3O2S.ClH/c1-4-7-8-13(19)18-11-21-9-12(18)14(20)17-10-15(16,5-2)6-3;/h12H,4-11,16H2,1-3H3,(H,17,20);1H. The van der Waals surface area contributed by atoms with Gasteiger partial charge in [0.25, 0.3) is 0 Å². The van der Waals surface area contributed by atoms with E-state index in [1.54, 1.807) is 16.7 Å². The Hall–Kier alpha value is -0.460. The molecular weight excluding hydrogens is 322 g/mol. The third-order valence-electron chi connectivity index (χ3n) is 4.27. The van der Waals surface area contributed by atoms with Crippen LogP contribution in [0.4, 0.5) is 0 Å². The summed E-state index contributed by atoms with van der Waals surface area (Å²) in [5, 5.41) is 2.94. The second-order valence-corrected chi connectivity index (χ2v) is 6.77. The van der Waals surface area contributed by atoms with E-state index in [-0.39, 0.29) is 35.8 Å². The lowest BCUT2D eigenvalue weighted by Crippen LogP contribution is -2.54. The molecule has 0 saturated carbocycles. The lowest BCUT2D eigenvalue weighted by atomic mass is 9.94. The van der Waals surface area contributed by atoms with Crippen molar-refractivity contribution in [2.75, 3.05) is 18.2 Å². The van der Waals surface area contributed by atoms with Crippen LogP contribution < -0.4 is 11.1 Å². The van der Waals surface area contributed by atoms with E-state index in [0.29, 0.717) is 24.6 Å². The first-order valence-corrected chi connectivity index (χ1v) is 9.06. The molecule has 1 rings (SSSR count). The third-order valence-corrected chi connectivity index (χ3v) is 5.28. The Balaban J connectivity index is 0.00000441. The highest BCUT2D eigenvalue weighted by Gasteiger charge is 2.34. The summed E-state index contributed by atoms with van der Waals surface area (Å²) in [4.78, 5) is 26.2. The molecule has 22 heavy (non-hydrogen) atoms. The van der Waals surface area contributed by atoms with E-state index in [4.69, 9.17) is 5.73 Å². The molecule has 1 saturated heterocycles. The van der Waals surface area contributed by atoms with Crippen LogP contribution >= 0.6 is 24.2 Å². The monoisotopic (exact) mass is 351 g/mol. The van der Waals surface area contributed by atoms with Crippen LogP contribution in [0.25, 0.3) is 0 Å². The fraction of sp³-hybridized carbons (Fsp3) is 0.867. The number of hydrogen-bond acceptors (Lipinski definition) is 4. The Kier molecular flexibility index (Phi) is 10.1. The van der Waals surface area contributed by atoms with Crippen LogP contribution in [0.2, 0.25) is 0 Å². The van der Waals surface area contributed by atoms with Crippen molar-refractivity contribution in [3.05, 3.63) is 0 Å². The zero-order chi connectivity index (χ0) is 15.9. The number of carbonyl (C=O) groups is 2. The van der Waals surface area contributed by atoms with E-state index < -0.39 is 0 Å². The van der Waals surface area contributed by atoms with E-state index in [9.17, 15) is 9.59 Å². The number of carbonyl (C=O) groups excluding carboxylic acids is 2. The Labute approximate surface area is 144 Å². The van der Waals surface area contributed by atoms with E-state index in [1.807, 2.05) is 13.8 Å². The molecule has 1 unspecified atom stereocenters. The summed E-state index contributed by atoms with van der Waals surface area (Å²) in [6.45, 7) is 6.59. The van der Waals surface area contributed by atoms with Gasteiger partial charge in [0.2, 0.25) is 11.8 Å². The van der Waals surface area contributed by atoms with Gasteiger partial charge < -0.3 is 16.0 Å². The topological polar surface area (TPSA) is 75.4 Å². The second kappa shape index (κ2) is 10.3. The van der Waals surface area contributed by atoms with Gasteiger partial charge in [-0.25, -0.2) is 0 Å². The molecule has 5 nitrogen and oxygen atoms in total. The number of thioether (sulfide) groups is 1. The maximum Gasteiger partial charge on any atom is 0.243 e. The van der Waals surface area contributed by atoms with Gasteiger partial charge in [-0.05, 0) is 19.3 Å². The molecular formula is C15H30ClN3O2S. The SMILES string of the molecule is CCCCC(=O)N1CSCC1C(=O)NCC(N)(CC)CC.Cl. The maximum absolute atomic E-state index is 12.3. The summed E-state index contributed by atoms with van der Waals surface area (Å²) in [6.07, 6.45) is 4.05. The molecule has 0 radical (unpaired) electrons. The summed E-state index contributed by atoms with van der Waals surface area (Å²) in [5.41, 5.74) is 5.85. The first-order valence-electron chi connectivity index (χ1n) is 7.91. The highest BCUT2D eigenvalue weighted by molar-refractivity contribution is 7.99. The predicted molar refractivity (Wildman–Crippen MR) is 95.2 cm³/mol. The van der Waals surface area contributed by atoms with Crippen LogP contribution in [0.1, 0.15) is 52.9 Å². The van der Waals surface area contributed by atoms with E-state index in [1.165, 1.54) is 0 Å². The van der Waals surface area contributed by atoms with Crippen LogP contribution in [0.5, 0.6) is 0 Å². The molecule has 7 heteroatoms. The average molecular weight is 352 g/mol. The van der Waals surface area contributed by atoms with Crippen molar-refractivity contribution in [2.24, 2.45) is 5.73 Å². The maximum atomic E-state index is 12.3. The average Bonchev–Trinajstić information content (AvgIpc) is 2.99. The number of halogens is 1. The third kappa shape index (κ3) is 5.97. The smallest absolute Gasteiger partial charge is 0.243 e. The summed E-state index contributed by atoms with van der Waals surface area (Å²) in [5.74, 6) is 1.32. The number of nitrogens with two attached hydrogens (primary N) is 1. The quantitative estimate of drug-likeness (QED) is 0.702. The van der Waals surface area contributed by atoms with Crippen molar-refractivity contribution in [1.29, 1.82) is 0 Å². The zero-order valence-corrected chi connectivity index (χ0v) is 15.5. The Morgan fingerprint density at radius 1 is 1.32 bits per heavy atom. The highest BCUT2D eigenvalue weighted by Crippen LogP contribution is 2.22. The number of unbranched alkanes of at least 4 members (excludes halogenated alkanes) is 1. The lowest BCUT2D eigenvalue weighted by molar-refractivity contribution is -0.138. The summed E-state index contributed by atoms with van der Waals surface area (Å²) < 4.78 is 0. The van der Waals surface area contributed by atoms with Crippen LogP contribution in [0, 0.1) is 0 Å². The molecule has 3 N–H and O–H groups in total. The molecule has 1 heterocycles. The van der Waals surface area contributed by atoms with Crippen LogP contribution in [0.3, 0.4) is 0 Å². The van der Waals surface area contributed by atoms with Crippen molar-refractivity contribution in [3.8, 4) is 0 Å². The van der Waals surface area contributed by atoms with Gasteiger partial charge in [0.15, 0.2) is 0 Å². The molecule has 2 amide bonds. The Morgan fingerprint density at radius 3 is 2.50 bits per heavy atom. The van der Waals surface area contributed by atoms with Crippen molar-refractivity contribution in [3.63, 3.8) is 0 Å². The molecule has 0 bridgehead atoms. The van der Waals surface area contributed by atoms with Gasteiger partial charge in [-0.15, -0.1) is 24.2 Å². The van der Waals surface area contributed by atoms with Crippen molar-refractivity contribution in [1.82, 2.24) is 10.2 Å². The van der Waals surface area contributed by atoms with Gasteiger partial charge in [-0.1, -0.05) is 27.2 Å². The van der Waals surface area contributed by atoms with Crippen LogP contribution in [-0.2, 0) is 9.59 Å². The largest absolute Gasteiger partial charge is 0.352 e. The summed E-state index contributed by atoms with van der Waals surface area (Å²) in [7, 11) is 0. The molecule has 0 aromatic rings.